The molecule has 1 amide bonds. The molecule has 0 aromatic heterocycles. The smallest absolute Gasteiger partial charge is 0.277 e. The van der Waals surface area contributed by atoms with Gasteiger partial charge in [-0.2, -0.15) is 0 Å². The summed E-state index contributed by atoms with van der Waals surface area (Å²) >= 11 is 0. The summed E-state index contributed by atoms with van der Waals surface area (Å²) in [7, 11) is 1.35. The van der Waals surface area contributed by atoms with Crippen LogP contribution < -0.4 is 16.0 Å². The summed E-state index contributed by atoms with van der Waals surface area (Å²) < 4.78 is 35.5. The number of hydrogen-bond acceptors (Lipinski definition) is 4. The Kier molecular flexibility index (Phi) is 4.80. The fourth-order valence-electron chi connectivity index (χ4n) is 1.17. The van der Waals surface area contributed by atoms with Crippen LogP contribution in [0.2, 0.25) is 0 Å². The Balaban J connectivity index is 2.81. The van der Waals surface area contributed by atoms with Crippen molar-refractivity contribution in [3.63, 3.8) is 0 Å². The van der Waals surface area contributed by atoms with E-state index in [1.807, 2.05) is 5.43 Å². The van der Waals surface area contributed by atoms with E-state index >= 15 is 0 Å². The molecule has 0 saturated carbocycles. The van der Waals surface area contributed by atoms with Crippen LogP contribution in [0, 0.1) is 11.6 Å². The van der Waals surface area contributed by atoms with Crippen LogP contribution in [0.4, 0.5) is 8.78 Å². The number of amides is 1. The van der Waals surface area contributed by atoms with Crippen LogP contribution in [0.5, 0.6) is 5.75 Å². The van der Waals surface area contributed by atoms with Crippen molar-refractivity contribution in [1.29, 1.82) is 0 Å². The van der Waals surface area contributed by atoms with Gasteiger partial charge in [-0.1, -0.05) is 0 Å². The molecule has 1 unspecified atom stereocenters. The highest BCUT2D eigenvalue weighted by atomic mass is 19.1. The van der Waals surface area contributed by atoms with E-state index in [1.54, 1.807) is 0 Å². The number of benzene rings is 1. The maximum Gasteiger partial charge on any atom is 0.277 e. The molecule has 1 aromatic rings. The number of ether oxygens (including phenoxy) is 2. The number of hydrogen-bond donors (Lipinski definition) is 2. The average molecular weight is 246 g/mol. The van der Waals surface area contributed by atoms with Crippen LogP contribution in [-0.2, 0) is 9.53 Å². The summed E-state index contributed by atoms with van der Waals surface area (Å²) in [5.74, 6) is 2.56. The van der Waals surface area contributed by atoms with Gasteiger partial charge in [0.25, 0.3) is 5.91 Å². The second-order valence-electron chi connectivity index (χ2n) is 3.18. The van der Waals surface area contributed by atoms with Gasteiger partial charge in [-0.15, -0.1) is 0 Å². The summed E-state index contributed by atoms with van der Waals surface area (Å²) in [4.78, 5) is 11.2. The van der Waals surface area contributed by atoms with Gasteiger partial charge in [0.15, 0.2) is 0 Å². The molecule has 0 fully saturated rings. The Morgan fingerprint density at radius 1 is 1.41 bits per heavy atom. The molecule has 1 atom stereocenters. The van der Waals surface area contributed by atoms with Crippen molar-refractivity contribution in [2.24, 2.45) is 5.84 Å². The van der Waals surface area contributed by atoms with E-state index in [4.69, 9.17) is 15.3 Å². The van der Waals surface area contributed by atoms with Crippen LogP contribution in [0.15, 0.2) is 18.2 Å². The molecular weight excluding hydrogens is 234 g/mol. The first kappa shape index (κ1) is 13.3. The monoisotopic (exact) mass is 246 g/mol. The van der Waals surface area contributed by atoms with E-state index in [1.165, 1.54) is 7.11 Å². The third kappa shape index (κ3) is 3.97. The van der Waals surface area contributed by atoms with Gasteiger partial charge >= 0.3 is 0 Å². The van der Waals surface area contributed by atoms with Gasteiger partial charge in [-0.3, -0.25) is 10.2 Å². The third-order valence-electron chi connectivity index (χ3n) is 1.87. The van der Waals surface area contributed by atoms with E-state index in [9.17, 15) is 13.6 Å². The van der Waals surface area contributed by atoms with Gasteiger partial charge in [0, 0.05) is 25.3 Å². The van der Waals surface area contributed by atoms with Crippen LogP contribution in [0.25, 0.3) is 0 Å². The van der Waals surface area contributed by atoms with Crippen molar-refractivity contribution >= 4 is 5.91 Å². The number of nitrogens with one attached hydrogen (secondary N) is 1. The minimum atomic E-state index is -1.08. The third-order valence-corrected chi connectivity index (χ3v) is 1.87. The lowest BCUT2D eigenvalue weighted by Gasteiger charge is -2.16. The summed E-state index contributed by atoms with van der Waals surface area (Å²) in [6.07, 6.45) is -1.08. The molecule has 0 aliphatic carbocycles. The van der Waals surface area contributed by atoms with Crippen LogP contribution >= 0.6 is 0 Å². The predicted octanol–water partition coefficient (Wildman–Crippen LogP) is 0.349. The summed E-state index contributed by atoms with van der Waals surface area (Å²) in [5.41, 5.74) is 1.87. The molecule has 1 rings (SSSR count). The standard InChI is InChI=1S/C10H12F2N2O3/c1-16-5-9(10(15)14-13)17-8-3-6(11)2-7(12)4-8/h2-4,9H,5,13H2,1H3,(H,14,15). The summed E-state index contributed by atoms with van der Waals surface area (Å²) in [6.45, 7) is -0.0961. The highest BCUT2D eigenvalue weighted by Gasteiger charge is 2.19. The quantitative estimate of drug-likeness (QED) is 0.446. The Morgan fingerprint density at radius 3 is 2.47 bits per heavy atom. The number of carbonyl (C=O) groups excluding carboxylic acids is 1. The lowest BCUT2D eigenvalue weighted by Crippen LogP contribution is -2.44. The minimum Gasteiger partial charge on any atom is -0.478 e. The molecular formula is C10H12F2N2O3. The molecule has 7 heteroatoms. The number of halogens is 2. The number of hydrazine groups is 1. The number of methoxy groups -OCH3 is 1. The molecule has 5 nitrogen and oxygen atoms in total. The van der Waals surface area contributed by atoms with Gasteiger partial charge in [-0.25, -0.2) is 14.6 Å². The van der Waals surface area contributed by atoms with E-state index in [2.05, 4.69) is 0 Å². The highest BCUT2D eigenvalue weighted by Crippen LogP contribution is 2.16. The van der Waals surface area contributed by atoms with Crippen LogP contribution in [0.1, 0.15) is 0 Å². The van der Waals surface area contributed by atoms with Crippen molar-refractivity contribution < 1.29 is 23.0 Å². The molecule has 0 radical (unpaired) electrons. The van der Waals surface area contributed by atoms with Crippen molar-refractivity contribution in [1.82, 2.24) is 5.43 Å². The molecule has 0 spiro atoms. The van der Waals surface area contributed by atoms with Gasteiger partial charge in [0.2, 0.25) is 6.10 Å². The fraction of sp³-hybridized carbons (Fsp3) is 0.300. The Morgan fingerprint density at radius 2 is 2.00 bits per heavy atom. The lowest BCUT2D eigenvalue weighted by atomic mass is 10.3. The number of rotatable bonds is 5. The molecule has 0 saturated heterocycles. The summed E-state index contributed by atoms with van der Waals surface area (Å²) in [6, 6.07) is 2.60. The zero-order valence-electron chi connectivity index (χ0n) is 9.07. The lowest BCUT2D eigenvalue weighted by molar-refractivity contribution is -0.130. The molecule has 17 heavy (non-hydrogen) atoms. The molecule has 0 aliphatic rings. The first-order chi connectivity index (χ1) is 8.06. The van der Waals surface area contributed by atoms with Gasteiger partial charge < -0.3 is 9.47 Å². The second-order valence-corrected chi connectivity index (χ2v) is 3.18. The maximum atomic E-state index is 12.9. The molecule has 0 heterocycles. The largest absolute Gasteiger partial charge is 0.478 e. The normalized spacial score (nSPS) is 12.0. The fourth-order valence-corrected chi connectivity index (χ4v) is 1.17. The maximum absolute atomic E-state index is 12.9. The van der Waals surface area contributed by atoms with E-state index in [0.717, 1.165) is 12.1 Å². The highest BCUT2D eigenvalue weighted by molar-refractivity contribution is 5.80. The molecule has 94 valence electrons. The minimum absolute atomic E-state index is 0.0961. The summed E-state index contributed by atoms with van der Waals surface area (Å²) in [5, 5.41) is 0. The molecule has 0 bridgehead atoms. The van der Waals surface area contributed by atoms with Gasteiger partial charge in [0.05, 0.1) is 6.61 Å². The van der Waals surface area contributed by atoms with E-state index in [0.29, 0.717) is 6.07 Å². The molecule has 0 aliphatic heterocycles. The van der Waals surface area contributed by atoms with Crippen molar-refractivity contribution in [2.45, 2.75) is 6.10 Å². The van der Waals surface area contributed by atoms with Crippen LogP contribution in [-0.4, -0.2) is 25.7 Å². The topological polar surface area (TPSA) is 73.6 Å². The zero-order chi connectivity index (χ0) is 12.8. The van der Waals surface area contributed by atoms with Gasteiger partial charge in [-0.05, 0) is 0 Å². The van der Waals surface area contributed by atoms with E-state index in [-0.39, 0.29) is 12.4 Å². The Labute approximate surface area is 96.5 Å². The first-order valence-corrected chi connectivity index (χ1v) is 4.69. The Bertz CT molecular complexity index is 381. The zero-order valence-corrected chi connectivity index (χ0v) is 9.07. The number of nitrogens with two attached hydrogens (primary N) is 1. The second kappa shape index (κ2) is 6.12. The predicted molar refractivity (Wildman–Crippen MR) is 55.0 cm³/mol. The van der Waals surface area contributed by atoms with Crippen molar-refractivity contribution in [2.75, 3.05) is 13.7 Å². The van der Waals surface area contributed by atoms with E-state index < -0.39 is 23.6 Å². The molecule has 1 aromatic carbocycles. The SMILES string of the molecule is COCC(Oc1cc(F)cc(F)c1)C(=O)NN. The van der Waals surface area contributed by atoms with Crippen molar-refractivity contribution in [3.8, 4) is 5.75 Å². The number of carbonyl (C=O) groups is 1. The molecule has 3 N–H and O–H groups in total. The average Bonchev–Trinajstić information content (AvgIpc) is 2.26. The van der Waals surface area contributed by atoms with Gasteiger partial charge in [0.1, 0.15) is 17.4 Å². The first-order valence-electron chi connectivity index (χ1n) is 4.69. The van der Waals surface area contributed by atoms with Crippen molar-refractivity contribution in [3.05, 3.63) is 29.8 Å². The van der Waals surface area contributed by atoms with Crippen LogP contribution in [0.3, 0.4) is 0 Å². The Hall–Kier alpha value is -1.73.